The van der Waals surface area contributed by atoms with Gasteiger partial charge in [0.2, 0.25) is 10.8 Å². The Kier molecular flexibility index (Phi) is 2.98. The number of para-hydroxylation sites is 2. The Morgan fingerprint density at radius 3 is 2.88 bits per heavy atom. The minimum Gasteiger partial charge on any atom is -0.475 e. The molecule has 75 valence electrons. The quantitative estimate of drug-likeness (QED) is 0.652. The van der Waals surface area contributed by atoms with E-state index in [-0.39, 0.29) is 35.4 Å². The molecule has 0 aliphatic rings. The first kappa shape index (κ1) is 11.5. The van der Waals surface area contributed by atoms with Crippen molar-refractivity contribution < 1.29 is 9.90 Å². The van der Waals surface area contributed by atoms with Gasteiger partial charge in [0.05, 0.1) is 11.0 Å². The number of imidazole rings is 1. The second kappa shape index (κ2) is 4.14. The van der Waals surface area contributed by atoms with Gasteiger partial charge in [-0.2, -0.15) is 4.37 Å². The van der Waals surface area contributed by atoms with Crippen LogP contribution in [0.2, 0.25) is 0 Å². The molecular weight excluding hydrogens is 237 g/mol. The van der Waals surface area contributed by atoms with E-state index < -0.39 is 5.97 Å². The van der Waals surface area contributed by atoms with Gasteiger partial charge in [0.15, 0.2) is 0 Å². The third-order valence-corrected chi connectivity index (χ3v) is 2.85. The number of nitrogens with zero attached hydrogens (tertiary/aromatic N) is 3. The molecule has 0 saturated heterocycles. The summed E-state index contributed by atoms with van der Waals surface area (Å²) in [6.45, 7) is 0. The average Bonchev–Trinajstić information content (AvgIpc) is 2.74. The van der Waals surface area contributed by atoms with Gasteiger partial charge in [-0.3, -0.25) is 4.40 Å². The molecule has 2 aromatic heterocycles. The van der Waals surface area contributed by atoms with E-state index in [0.717, 1.165) is 22.6 Å². The number of carboxylic acid groups (broad SMARTS) is 1. The summed E-state index contributed by atoms with van der Waals surface area (Å²) in [5.74, 6) is -1.02. The minimum atomic E-state index is -1.04. The summed E-state index contributed by atoms with van der Waals surface area (Å²) in [5, 5.41) is 8.95. The van der Waals surface area contributed by atoms with E-state index in [1.54, 1.807) is 4.40 Å². The maximum absolute atomic E-state index is 10.9. The molecule has 3 aromatic rings. The van der Waals surface area contributed by atoms with E-state index in [1.165, 1.54) is 0 Å². The number of hydrogen-bond acceptors (Lipinski definition) is 4. The van der Waals surface area contributed by atoms with Crippen molar-refractivity contribution in [1.29, 1.82) is 0 Å². The van der Waals surface area contributed by atoms with Crippen molar-refractivity contribution in [2.75, 3.05) is 0 Å². The smallest absolute Gasteiger partial charge is 0.373 e. The van der Waals surface area contributed by atoms with Crippen LogP contribution in [0.25, 0.3) is 16.0 Å². The summed E-state index contributed by atoms with van der Waals surface area (Å²) in [6.07, 6.45) is 0. The molecule has 0 atom stereocenters. The van der Waals surface area contributed by atoms with E-state index in [9.17, 15) is 4.79 Å². The Bertz CT molecular complexity index is 676. The zero-order valence-corrected chi connectivity index (χ0v) is 11.2. The van der Waals surface area contributed by atoms with E-state index >= 15 is 0 Å². The molecule has 0 saturated carbocycles. The van der Waals surface area contributed by atoms with Gasteiger partial charge in [0.1, 0.15) is 0 Å². The molecule has 1 N–H and O–H groups in total. The molecule has 1 aromatic carbocycles. The van der Waals surface area contributed by atoms with Crippen LogP contribution < -0.4 is 0 Å². The van der Waals surface area contributed by atoms with E-state index in [2.05, 4.69) is 9.36 Å². The van der Waals surface area contributed by atoms with Gasteiger partial charge >= 0.3 is 5.97 Å². The van der Waals surface area contributed by atoms with Crippen LogP contribution in [-0.4, -0.2) is 54.4 Å². The number of rotatable bonds is 1. The first-order chi connectivity index (χ1) is 7.27. The van der Waals surface area contributed by atoms with Gasteiger partial charge in [0, 0.05) is 41.1 Å². The van der Waals surface area contributed by atoms with Crippen LogP contribution in [0.5, 0.6) is 0 Å². The molecule has 7 heteroatoms. The van der Waals surface area contributed by atoms with Crippen LogP contribution in [0.4, 0.5) is 0 Å². The van der Waals surface area contributed by atoms with Gasteiger partial charge in [-0.25, -0.2) is 9.78 Å². The summed E-state index contributed by atoms with van der Waals surface area (Å²) in [7, 11) is 0. The molecule has 0 aliphatic carbocycles. The summed E-state index contributed by atoms with van der Waals surface area (Å²) in [6, 6.07) is 7.39. The van der Waals surface area contributed by atoms with Crippen molar-refractivity contribution in [3.63, 3.8) is 0 Å². The summed E-state index contributed by atoms with van der Waals surface area (Å²) in [4.78, 5) is 15.8. The summed E-state index contributed by atoms with van der Waals surface area (Å²) < 4.78 is 5.41. The van der Waals surface area contributed by atoms with Crippen LogP contribution in [0.15, 0.2) is 24.3 Å². The molecule has 16 heavy (non-hydrogen) atoms. The summed E-state index contributed by atoms with van der Waals surface area (Å²) >= 11 is 1.09. The molecule has 1 radical (unpaired) electrons. The van der Waals surface area contributed by atoms with Crippen LogP contribution in [-0.2, 0) is 0 Å². The molecule has 3 rings (SSSR count). The first-order valence-corrected chi connectivity index (χ1v) is 5.01. The van der Waals surface area contributed by atoms with Crippen LogP contribution in [0.3, 0.4) is 0 Å². The predicted molar refractivity (Wildman–Crippen MR) is 61.1 cm³/mol. The maximum atomic E-state index is 10.9. The largest absolute Gasteiger partial charge is 0.475 e. The monoisotopic (exact) mass is 242 g/mol. The number of benzene rings is 1. The maximum Gasteiger partial charge on any atom is 0.373 e. The van der Waals surface area contributed by atoms with Crippen molar-refractivity contribution >= 4 is 63.1 Å². The second-order valence-electron chi connectivity index (χ2n) is 3.03. The third-order valence-electron chi connectivity index (χ3n) is 2.15. The van der Waals surface area contributed by atoms with Crippen molar-refractivity contribution in [1.82, 2.24) is 13.8 Å². The zero-order chi connectivity index (χ0) is 10.4. The molecule has 0 aliphatic heterocycles. The normalized spacial score (nSPS) is 10.5. The van der Waals surface area contributed by atoms with Crippen molar-refractivity contribution in [2.45, 2.75) is 0 Å². The van der Waals surface area contributed by atoms with E-state index in [0.29, 0.717) is 4.96 Å². The Morgan fingerprint density at radius 2 is 2.12 bits per heavy atom. The topological polar surface area (TPSA) is 67.5 Å². The van der Waals surface area contributed by atoms with E-state index in [4.69, 9.17) is 5.11 Å². The Labute approximate surface area is 116 Å². The van der Waals surface area contributed by atoms with Gasteiger partial charge in [0.25, 0.3) is 0 Å². The predicted octanol–water partition coefficient (Wildman–Crippen LogP) is 1.26. The fraction of sp³-hybridized carbons (Fsp3) is 0. The fourth-order valence-electron chi connectivity index (χ4n) is 1.53. The van der Waals surface area contributed by atoms with Crippen LogP contribution >= 0.6 is 11.5 Å². The third kappa shape index (κ3) is 1.54. The number of carbonyl (C=O) groups is 1. The van der Waals surface area contributed by atoms with Gasteiger partial charge < -0.3 is 5.11 Å². The van der Waals surface area contributed by atoms with Crippen molar-refractivity contribution in [3.05, 3.63) is 30.1 Å². The standard InChI is InChI=1S/C9H5N3O2S.Na/c13-8(14)7-11-15-9-10-5-3-1-2-4-6(5)12(7)9;/h1-4H,(H,13,14);. The SMILES string of the molecule is O=C(O)c1nsc2nc3ccccc3n12.[Na]. The van der Waals surface area contributed by atoms with Crippen LogP contribution in [0.1, 0.15) is 10.6 Å². The fourth-order valence-corrected chi connectivity index (χ4v) is 2.26. The molecule has 0 amide bonds. The number of fused-ring (bicyclic) bond motifs is 3. The first-order valence-electron chi connectivity index (χ1n) is 4.23. The Balaban J connectivity index is 0.000000963. The molecule has 0 spiro atoms. The van der Waals surface area contributed by atoms with Crippen molar-refractivity contribution in [3.8, 4) is 0 Å². The molecule has 5 nitrogen and oxygen atoms in total. The minimum absolute atomic E-state index is 0. The van der Waals surface area contributed by atoms with Gasteiger partial charge in [-0.1, -0.05) is 12.1 Å². The zero-order valence-electron chi connectivity index (χ0n) is 8.41. The molecule has 2 heterocycles. The Hall–Kier alpha value is -0.950. The molecule has 0 unspecified atom stereocenters. The molecule has 0 fully saturated rings. The van der Waals surface area contributed by atoms with Crippen molar-refractivity contribution in [2.24, 2.45) is 0 Å². The second-order valence-corrected chi connectivity index (χ2v) is 3.76. The van der Waals surface area contributed by atoms with E-state index in [1.807, 2.05) is 24.3 Å². The summed E-state index contributed by atoms with van der Waals surface area (Å²) in [5.41, 5.74) is 1.56. The number of aromatic nitrogens is 3. The number of hydrogen-bond donors (Lipinski definition) is 1. The Morgan fingerprint density at radius 1 is 1.38 bits per heavy atom. The number of carboxylic acids is 1. The average molecular weight is 242 g/mol. The molecule has 0 bridgehead atoms. The van der Waals surface area contributed by atoms with Crippen LogP contribution in [0, 0.1) is 0 Å². The molecular formula is C9H5N3NaO2S. The van der Waals surface area contributed by atoms with Gasteiger partial charge in [-0.05, 0) is 12.1 Å². The van der Waals surface area contributed by atoms with Gasteiger partial charge in [-0.15, -0.1) is 0 Å². The number of aromatic carboxylic acids is 1.